The molecular weight excluding hydrogens is 520 g/mol. The summed E-state index contributed by atoms with van der Waals surface area (Å²) in [6, 6.07) is 33.6. The van der Waals surface area contributed by atoms with Gasteiger partial charge in [0.25, 0.3) is 5.91 Å². The Labute approximate surface area is 233 Å². The molecule has 0 atom stereocenters. The number of aryl methyl sites for hydroxylation is 2. The van der Waals surface area contributed by atoms with Gasteiger partial charge in [0.05, 0.1) is 18.5 Å². The fraction of sp³-hybridized carbons (Fsp3) is 0.121. The largest absolute Gasteiger partial charge is 0.455 e. The molecule has 0 radical (unpaired) electrons. The summed E-state index contributed by atoms with van der Waals surface area (Å²) in [4.78, 5) is 13.1. The molecule has 0 saturated heterocycles. The SMILES string of the molecule is CS(=O)(=O)N(Cc1ccc(C(=O)Nc2ccc3c4c(cccc24)CC3)cc1)c1ccccc1Oc1ccccc1. The minimum atomic E-state index is -3.65. The Kier molecular flexibility index (Phi) is 6.74. The fourth-order valence-corrected chi connectivity index (χ4v) is 6.12. The number of hydrogen-bond donors (Lipinski definition) is 1. The number of carbonyl (C=O) groups excluding carboxylic acids is 1. The quantitative estimate of drug-likeness (QED) is 0.228. The summed E-state index contributed by atoms with van der Waals surface area (Å²) in [5, 5.41) is 5.36. The maximum absolute atomic E-state index is 13.1. The minimum Gasteiger partial charge on any atom is -0.455 e. The molecule has 0 heterocycles. The third-order valence-corrected chi connectivity index (χ3v) is 8.30. The monoisotopic (exact) mass is 548 g/mol. The average Bonchev–Trinajstić information content (AvgIpc) is 3.38. The molecule has 40 heavy (non-hydrogen) atoms. The summed E-state index contributed by atoms with van der Waals surface area (Å²) < 4.78 is 33.1. The Morgan fingerprint density at radius 1 is 0.800 bits per heavy atom. The lowest BCUT2D eigenvalue weighted by Gasteiger charge is -2.25. The highest BCUT2D eigenvalue weighted by molar-refractivity contribution is 7.92. The zero-order valence-corrected chi connectivity index (χ0v) is 22.8. The van der Waals surface area contributed by atoms with Gasteiger partial charge in [0.2, 0.25) is 10.0 Å². The Morgan fingerprint density at radius 2 is 1.50 bits per heavy atom. The Morgan fingerprint density at radius 3 is 2.25 bits per heavy atom. The van der Waals surface area contributed by atoms with E-state index in [-0.39, 0.29) is 12.5 Å². The van der Waals surface area contributed by atoms with Crippen molar-refractivity contribution in [1.82, 2.24) is 0 Å². The zero-order chi connectivity index (χ0) is 27.7. The number of hydrogen-bond acceptors (Lipinski definition) is 4. The number of para-hydroxylation sites is 3. The summed E-state index contributed by atoms with van der Waals surface area (Å²) in [6.45, 7) is 0.0881. The van der Waals surface area contributed by atoms with Crippen molar-refractivity contribution < 1.29 is 17.9 Å². The lowest BCUT2D eigenvalue weighted by Crippen LogP contribution is -2.29. The van der Waals surface area contributed by atoms with E-state index in [1.165, 1.54) is 27.1 Å². The topological polar surface area (TPSA) is 75.7 Å². The van der Waals surface area contributed by atoms with Gasteiger partial charge in [-0.05, 0) is 77.4 Å². The number of ether oxygens (including phenoxy) is 1. The molecular formula is C33H28N2O4S. The Balaban J connectivity index is 1.23. The van der Waals surface area contributed by atoms with E-state index in [1.54, 1.807) is 48.5 Å². The molecule has 0 spiro atoms. The van der Waals surface area contributed by atoms with Crippen LogP contribution in [0.15, 0.2) is 109 Å². The lowest BCUT2D eigenvalue weighted by molar-refractivity contribution is 0.102. The van der Waals surface area contributed by atoms with Crippen LogP contribution < -0.4 is 14.4 Å². The van der Waals surface area contributed by atoms with E-state index in [2.05, 4.69) is 17.4 Å². The summed E-state index contributed by atoms with van der Waals surface area (Å²) in [6.07, 6.45) is 3.23. The van der Waals surface area contributed by atoms with Gasteiger partial charge in [0.15, 0.2) is 5.75 Å². The van der Waals surface area contributed by atoms with Gasteiger partial charge < -0.3 is 10.1 Å². The number of anilines is 2. The fourth-order valence-electron chi connectivity index (χ4n) is 5.22. The van der Waals surface area contributed by atoms with Crippen molar-refractivity contribution in [3.05, 3.63) is 131 Å². The van der Waals surface area contributed by atoms with E-state index in [0.717, 1.165) is 29.5 Å². The van der Waals surface area contributed by atoms with Crippen LogP contribution in [0.25, 0.3) is 10.8 Å². The second kappa shape index (κ2) is 10.5. The molecule has 0 bridgehead atoms. The first-order valence-electron chi connectivity index (χ1n) is 13.1. The van der Waals surface area contributed by atoms with E-state index >= 15 is 0 Å². The number of nitrogens with one attached hydrogen (secondary N) is 1. The summed E-state index contributed by atoms with van der Waals surface area (Å²) in [7, 11) is -3.65. The van der Waals surface area contributed by atoms with E-state index in [1.807, 2.05) is 48.5 Å². The molecule has 5 aromatic carbocycles. The van der Waals surface area contributed by atoms with Crippen LogP contribution in [0.3, 0.4) is 0 Å². The summed E-state index contributed by atoms with van der Waals surface area (Å²) in [5.74, 6) is 0.825. The molecule has 7 heteroatoms. The van der Waals surface area contributed by atoms with Crippen molar-refractivity contribution in [2.45, 2.75) is 19.4 Å². The number of rotatable bonds is 8. The third-order valence-electron chi connectivity index (χ3n) is 7.17. The van der Waals surface area contributed by atoms with Crippen molar-refractivity contribution in [1.29, 1.82) is 0 Å². The van der Waals surface area contributed by atoms with Crippen LogP contribution in [0.4, 0.5) is 11.4 Å². The molecule has 1 aliphatic rings. The van der Waals surface area contributed by atoms with Gasteiger partial charge in [-0.3, -0.25) is 9.10 Å². The van der Waals surface area contributed by atoms with Crippen LogP contribution in [-0.4, -0.2) is 20.6 Å². The number of sulfonamides is 1. The van der Waals surface area contributed by atoms with E-state index in [9.17, 15) is 13.2 Å². The molecule has 1 aliphatic carbocycles. The average molecular weight is 549 g/mol. The highest BCUT2D eigenvalue weighted by Gasteiger charge is 2.22. The minimum absolute atomic E-state index is 0.0881. The Hall–Kier alpha value is -4.62. The number of benzene rings is 5. The molecule has 6 rings (SSSR count). The molecule has 200 valence electrons. The van der Waals surface area contributed by atoms with Gasteiger partial charge in [-0.25, -0.2) is 8.42 Å². The van der Waals surface area contributed by atoms with E-state index in [4.69, 9.17) is 4.74 Å². The molecule has 1 N–H and O–H groups in total. The van der Waals surface area contributed by atoms with Crippen molar-refractivity contribution in [3.8, 4) is 11.5 Å². The molecule has 0 aliphatic heterocycles. The van der Waals surface area contributed by atoms with Crippen LogP contribution in [0, 0.1) is 0 Å². The molecule has 0 saturated carbocycles. The standard InChI is InChI=1S/C33H28N2O4S/c1-40(37,38)35(30-12-5-6-13-31(30)39-27-9-3-2-4-10-27)22-23-14-16-26(17-15-23)33(36)34-29-21-20-25-19-18-24-8-7-11-28(29)32(24)25/h2-17,20-21H,18-19,22H2,1H3,(H,34,36). The normalized spacial score (nSPS) is 12.3. The maximum Gasteiger partial charge on any atom is 0.255 e. The van der Waals surface area contributed by atoms with Gasteiger partial charge in [0.1, 0.15) is 5.75 Å². The van der Waals surface area contributed by atoms with Gasteiger partial charge in [-0.1, -0.05) is 66.7 Å². The van der Waals surface area contributed by atoms with Crippen molar-refractivity contribution in [2.75, 3.05) is 15.9 Å². The third kappa shape index (κ3) is 5.16. The zero-order valence-electron chi connectivity index (χ0n) is 22.0. The van der Waals surface area contributed by atoms with Crippen LogP contribution in [-0.2, 0) is 29.4 Å². The van der Waals surface area contributed by atoms with Crippen LogP contribution >= 0.6 is 0 Å². The number of carbonyl (C=O) groups is 1. The molecule has 5 aromatic rings. The van der Waals surface area contributed by atoms with Crippen LogP contribution in [0.5, 0.6) is 11.5 Å². The van der Waals surface area contributed by atoms with Gasteiger partial charge in [-0.2, -0.15) is 0 Å². The first-order valence-corrected chi connectivity index (χ1v) is 14.9. The van der Waals surface area contributed by atoms with Crippen LogP contribution in [0.1, 0.15) is 27.0 Å². The van der Waals surface area contributed by atoms with Crippen molar-refractivity contribution in [2.24, 2.45) is 0 Å². The second-order valence-corrected chi connectivity index (χ2v) is 11.8. The van der Waals surface area contributed by atoms with Gasteiger partial charge in [0, 0.05) is 16.6 Å². The first-order chi connectivity index (χ1) is 19.4. The molecule has 6 nitrogen and oxygen atoms in total. The van der Waals surface area contributed by atoms with E-state index < -0.39 is 10.0 Å². The van der Waals surface area contributed by atoms with E-state index in [0.29, 0.717) is 22.7 Å². The smallest absolute Gasteiger partial charge is 0.255 e. The molecule has 0 aromatic heterocycles. The Bertz CT molecular complexity index is 1810. The lowest BCUT2D eigenvalue weighted by atomic mass is 10.0. The highest BCUT2D eigenvalue weighted by Crippen LogP contribution is 2.36. The predicted octanol–water partition coefficient (Wildman–Crippen LogP) is 6.95. The van der Waals surface area contributed by atoms with Crippen molar-refractivity contribution in [3.63, 3.8) is 0 Å². The second-order valence-electron chi connectivity index (χ2n) is 9.92. The summed E-state index contributed by atoms with van der Waals surface area (Å²) in [5.41, 5.74) is 5.09. The van der Waals surface area contributed by atoms with Gasteiger partial charge >= 0.3 is 0 Å². The predicted molar refractivity (Wildman–Crippen MR) is 160 cm³/mol. The molecule has 1 amide bonds. The van der Waals surface area contributed by atoms with Gasteiger partial charge in [-0.15, -0.1) is 0 Å². The first kappa shape index (κ1) is 25.6. The number of amides is 1. The van der Waals surface area contributed by atoms with Crippen LogP contribution in [0.2, 0.25) is 0 Å². The highest BCUT2D eigenvalue weighted by atomic mass is 32.2. The number of nitrogens with zero attached hydrogens (tertiary/aromatic N) is 1. The summed E-state index contributed by atoms with van der Waals surface area (Å²) >= 11 is 0. The van der Waals surface area contributed by atoms with Crippen molar-refractivity contribution >= 4 is 38.1 Å². The molecule has 0 unspecified atom stereocenters. The molecule has 0 fully saturated rings. The maximum atomic E-state index is 13.1.